The van der Waals surface area contributed by atoms with Gasteiger partial charge < -0.3 is 14.6 Å². The average Bonchev–Trinajstić information content (AvgIpc) is 2.58. The first-order chi connectivity index (χ1) is 12.5. The maximum Gasteiger partial charge on any atom is 0.422 e. The maximum absolute atomic E-state index is 12.5. The van der Waals surface area contributed by atoms with Crippen LogP contribution in [0.5, 0.6) is 5.75 Å². The molecule has 0 atom stereocenters. The number of esters is 1. The Balaban J connectivity index is 2.31. The SMILES string of the molecule is CC(C)(C)OC(=O)c1ccc(-c2cc(CO)ccc2OCC(F)(F)F)cc1. The van der Waals surface area contributed by atoms with Gasteiger partial charge >= 0.3 is 12.1 Å². The minimum atomic E-state index is -4.46. The van der Waals surface area contributed by atoms with Gasteiger partial charge in [0.15, 0.2) is 6.61 Å². The summed E-state index contributed by atoms with van der Waals surface area (Å²) in [7, 11) is 0. The standard InChI is InChI=1S/C20H21F3O4/c1-19(2,3)27-18(25)15-7-5-14(6-8-15)16-10-13(11-24)4-9-17(16)26-12-20(21,22)23/h4-10,24H,11-12H2,1-3H3. The van der Waals surface area contributed by atoms with Gasteiger partial charge in [-0.15, -0.1) is 0 Å². The molecule has 4 nitrogen and oxygen atoms in total. The van der Waals surface area contributed by atoms with Gasteiger partial charge in [0.05, 0.1) is 12.2 Å². The Hall–Kier alpha value is -2.54. The number of aliphatic hydroxyl groups is 1. The van der Waals surface area contributed by atoms with E-state index >= 15 is 0 Å². The molecule has 2 aromatic rings. The summed E-state index contributed by atoms with van der Waals surface area (Å²) in [5.74, 6) is -0.457. The van der Waals surface area contributed by atoms with Crippen molar-refractivity contribution in [2.24, 2.45) is 0 Å². The van der Waals surface area contributed by atoms with Crippen molar-refractivity contribution >= 4 is 5.97 Å². The molecule has 0 unspecified atom stereocenters. The van der Waals surface area contributed by atoms with Crippen LogP contribution in [0, 0.1) is 0 Å². The number of halogens is 3. The first-order valence-corrected chi connectivity index (χ1v) is 8.25. The number of carbonyl (C=O) groups excluding carboxylic acids is 1. The molecule has 0 aliphatic heterocycles. The van der Waals surface area contributed by atoms with E-state index in [1.807, 2.05) is 0 Å². The number of carbonyl (C=O) groups is 1. The minimum Gasteiger partial charge on any atom is -0.483 e. The maximum atomic E-state index is 12.5. The molecular weight excluding hydrogens is 361 g/mol. The summed E-state index contributed by atoms with van der Waals surface area (Å²) >= 11 is 0. The molecule has 0 fully saturated rings. The van der Waals surface area contributed by atoms with Gasteiger partial charge in [0.25, 0.3) is 0 Å². The molecule has 0 aromatic heterocycles. The largest absolute Gasteiger partial charge is 0.483 e. The van der Waals surface area contributed by atoms with Gasteiger partial charge in [-0.3, -0.25) is 0 Å². The van der Waals surface area contributed by atoms with Crippen LogP contribution < -0.4 is 4.74 Å². The molecule has 0 saturated carbocycles. The molecule has 27 heavy (non-hydrogen) atoms. The Kier molecular flexibility index (Phi) is 6.15. The molecule has 0 heterocycles. The highest BCUT2D eigenvalue weighted by molar-refractivity contribution is 5.90. The summed E-state index contributed by atoms with van der Waals surface area (Å²) in [5.41, 5.74) is 1.16. The minimum absolute atomic E-state index is 0.0366. The van der Waals surface area contributed by atoms with Crippen molar-refractivity contribution in [1.82, 2.24) is 0 Å². The third kappa shape index (κ3) is 6.29. The molecule has 2 rings (SSSR count). The van der Waals surface area contributed by atoms with E-state index in [0.717, 1.165) is 0 Å². The molecule has 0 amide bonds. The van der Waals surface area contributed by atoms with Crippen LogP contribution >= 0.6 is 0 Å². The Morgan fingerprint density at radius 2 is 1.67 bits per heavy atom. The summed E-state index contributed by atoms with van der Waals surface area (Å²) < 4.78 is 47.6. The number of aliphatic hydroxyl groups excluding tert-OH is 1. The zero-order valence-corrected chi connectivity index (χ0v) is 15.3. The van der Waals surface area contributed by atoms with Crippen LogP contribution in [0.4, 0.5) is 13.2 Å². The van der Waals surface area contributed by atoms with Crippen molar-refractivity contribution in [3.05, 3.63) is 53.6 Å². The molecular formula is C20H21F3O4. The molecule has 7 heteroatoms. The van der Waals surface area contributed by atoms with Gasteiger partial charge in [0.2, 0.25) is 0 Å². The van der Waals surface area contributed by atoms with Crippen LogP contribution in [-0.4, -0.2) is 29.5 Å². The number of hydrogen-bond acceptors (Lipinski definition) is 4. The van der Waals surface area contributed by atoms with Gasteiger partial charge in [0.1, 0.15) is 11.4 Å². The highest BCUT2D eigenvalue weighted by Gasteiger charge is 2.29. The van der Waals surface area contributed by atoms with Gasteiger partial charge in [-0.2, -0.15) is 13.2 Å². The van der Waals surface area contributed by atoms with Gasteiger partial charge in [0, 0.05) is 5.56 Å². The lowest BCUT2D eigenvalue weighted by Crippen LogP contribution is -2.23. The Morgan fingerprint density at radius 1 is 1.04 bits per heavy atom. The topological polar surface area (TPSA) is 55.8 Å². The van der Waals surface area contributed by atoms with Crippen LogP contribution in [0.1, 0.15) is 36.7 Å². The van der Waals surface area contributed by atoms with Crippen LogP contribution in [0.3, 0.4) is 0 Å². The summed E-state index contributed by atoms with van der Waals surface area (Å²) in [5, 5.41) is 9.30. The van der Waals surface area contributed by atoms with E-state index in [2.05, 4.69) is 0 Å². The number of hydrogen-bond donors (Lipinski definition) is 1. The number of rotatable bonds is 5. The number of alkyl halides is 3. The van der Waals surface area contributed by atoms with Crippen LogP contribution in [-0.2, 0) is 11.3 Å². The zero-order chi connectivity index (χ0) is 20.2. The predicted molar refractivity (Wildman–Crippen MR) is 94.5 cm³/mol. The van der Waals surface area contributed by atoms with E-state index in [9.17, 15) is 23.1 Å². The van der Waals surface area contributed by atoms with Crippen LogP contribution in [0.15, 0.2) is 42.5 Å². The molecule has 1 N–H and O–H groups in total. The molecule has 0 radical (unpaired) electrons. The summed E-state index contributed by atoms with van der Waals surface area (Å²) in [6, 6.07) is 10.7. The second-order valence-electron chi connectivity index (χ2n) is 6.97. The van der Waals surface area contributed by atoms with Crippen LogP contribution in [0.25, 0.3) is 11.1 Å². The first kappa shape index (κ1) is 20.8. The van der Waals surface area contributed by atoms with E-state index in [4.69, 9.17) is 9.47 Å². The Labute approximate surface area is 155 Å². The second-order valence-corrected chi connectivity index (χ2v) is 6.97. The van der Waals surface area contributed by atoms with E-state index in [1.54, 1.807) is 39.0 Å². The van der Waals surface area contributed by atoms with E-state index in [0.29, 0.717) is 22.3 Å². The number of benzene rings is 2. The summed E-state index contributed by atoms with van der Waals surface area (Å²) in [4.78, 5) is 12.1. The lowest BCUT2D eigenvalue weighted by atomic mass is 10.0. The molecule has 0 aliphatic rings. The van der Waals surface area contributed by atoms with E-state index in [1.165, 1.54) is 24.3 Å². The summed E-state index contributed by atoms with van der Waals surface area (Å²) in [6.07, 6.45) is -4.46. The molecule has 0 spiro atoms. The first-order valence-electron chi connectivity index (χ1n) is 8.25. The third-order valence-corrected chi connectivity index (χ3v) is 3.45. The fraction of sp³-hybridized carbons (Fsp3) is 0.350. The third-order valence-electron chi connectivity index (χ3n) is 3.45. The lowest BCUT2D eigenvalue weighted by Gasteiger charge is -2.19. The molecule has 0 saturated heterocycles. The van der Waals surface area contributed by atoms with Crippen molar-refractivity contribution in [2.45, 2.75) is 39.2 Å². The average molecular weight is 382 g/mol. The van der Waals surface area contributed by atoms with Gasteiger partial charge in [-0.1, -0.05) is 18.2 Å². The quantitative estimate of drug-likeness (QED) is 0.759. The lowest BCUT2D eigenvalue weighted by molar-refractivity contribution is -0.153. The van der Waals surface area contributed by atoms with Gasteiger partial charge in [-0.05, 0) is 56.2 Å². The smallest absolute Gasteiger partial charge is 0.422 e. The van der Waals surface area contributed by atoms with E-state index < -0.39 is 24.4 Å². The molecule has 0 bridgehead atoms. The second kappa shape index (κ2) is 8.00. The van der Waals surface area contributed by atoms with Crippen molar-refractivity contribution in [3.63, 3.8) is 0 Å². The zero-order valence-electron chi connectivity index (χ0n) is 15.3. The van der Waals surface area contributed by atoms with Crippen molar-refractivity contribution in [2.75, 3.05) is 6.61 Å². The van der Waals surface area contributed by atoms with E-state index in [-0.39, 0.29) is 12.4 Å². The highest BCUT2D eigenvalue weighted by Crippen LogP contribution is 2.33. The normalized spacial score (nSPS) is 12.0. The van der Waals surface area contributed by atoms with Crippen molar-refractivity contribution in [1.29, 1.82) is 0 Å². The Bertz CT molecular complexity index is 790. The van der Waals surface area contributed by atoms with Crippen molar-refractivity contribution in [3.8, 4) is 16.9 Å². The Morgan fingerprint density at radius 3 is 2.19 bits per heavy atom. The molecule has 146 valence electrons. The predicted octanol–water partition coefficient (Wildman–Crippen LogP) is 4.74. The number of ether oxygens (including phenoxy) is 2. The van der Waals surface area contributed by atoms with Crippen molar-refractivity contribution < 1.29 is 32.5 Å². The van der Waals surface area contributed by atoms with Gasteiger partial charge in [-0.25, -0.2) is 4.79 Å². The fourth-order valence-corrected chi connectivity index (χ4v) is 2.31. The molecule has 0 aliphatic carbocycles. The summed E-state index contributed by atoms with van der Waals surface area (Å²) in [6.45, 7) is 3.58. The fourth-order valence-electron chi connectivity index (χ4n) is 2.31. The highest BCUT2D eigenvalue weighted by atomic mass is 19.4. The molecule has 2 aromatic carbocycles. The monoisotopic (exact) mass is 382 g/mol. The van der Waals surface area contributed by atoms with Crippen LogP contribution in [0.2, 0.25) is 0 Å².